The SMILES string of the molecule is O=C(O)CSCC(=O)N1CCN2C(=O)NCC2C1. The van der Waals surface area contributed by atoms with Gasteiger partial charge in [0.2, 0.25) is 5.91 Å². The highest BCUT2D eigenvalue weighted by Gasteiger charge is 2.36. The normalized spacial score (nSPS) is 22.7. The van der Waals surface area contributed by atoms with Crippen molar-refractivity contribution in [3.05, 3.63) is 0 Å². The third-order valence-electron chi connectivity index (χ3n) is 3.04. The highest BCUT2D eigenvalue weighted by atomic mass is 32.2. The molecule has 7 nitrogen and oxygen atoms in total. The number of fused-ring (bicyclic) bond motifs is 1. The first kappa shape index (κ1) is 13.0. The number of nitrogens with zero attached hydrogens (tertiary/aromatic N) is 2. The summed E-state index contributed by atoms with van der Waals surface area (Å²) in [7, 11) is 0. The van der Waals surface area contributed by atoms with E-state index >= 15 is 0 Å². The zero-order valence-electron chi connectivity index (χ0n) is 9.79. The van der Waals surface area contributed by atoms with Crippen molar-refractivity contribution in [1.82, 2.24) is 15.1 Å². The lowest BCUT2D eigenvalue weighted by Crippen LogP contribution is -2.54. The van der Waals surface area contributed by atoms with Gasteiger partial charge in [0.05, 0.1) is 17.5 Å². The van der Waals surface area contributed by atoms with E-state index < -0.39 is 5.97 Å². The topological polar surface area (TPSA) is 90.0 Å². The number of urea groups is 1. The number of hydrogen-bond acceptors (Lipinski definition) is 4. The Morgan fingerprint density at radius 3 is 2.89 bits per heavy atom. The van der Waals surface area contributed by atoms with Gasteiger partial charge in [0.15, 0.2) is 0 Å². The number of carbonyl (C=O) groups excluding carboxylic acids is 2. The number of amides is 3. The number of carboxylic acid groups (broad SMARTS) is 1. The van der Waals surface area contributed by atoms with Gasteiger partial charge in [-0.15, -0.1) is 11.8 Å². The van der Waals surface area contributed by atoms with Crippen LogP contribution in [0.5, 0.6) is 0 Å². The van der Waals surface area contributed by atoms with E-state index in [1.54, 1.807) is 9.80 Å². The number of aliphatic carboxylic acids is 1. The summed E-state index contributed by atoms with van der Waals surface area (Å²) in [5, 5.41) is 11.2. The number of carboxylic acids is 1. The summed E-state index contributed by atoms with van der Waals surface area (Å²) < 4.78 is 0. The zero-order valence-corrected chi connectivity index (χ0v) is 10.6. The van der Waals surface area contributed by atoms with E-state index in [1.807, 2.05) is 0 Å². The molecular formula is C10H15N3O4S. The van der Waals surface area contributed by atoms with E-state index in [2.05, 4.69) is 5.32 Å². The minimum absolute atomic E-state index is 0.0553. The molecule has 2 saturated heterocycles. The molecule has 3 amide bonds. The minimum Gasteiger partial charge on any atom is -0.481 e. The monoisotopic (exact) mass is 273 g/mol. The zero-order chi connectivity index (χ0) is 13.1. The van der Waals surface area contributed by atoms with Gasteiger partial charge >= 0.3 is 12.0 Å². The lowest BCUT2D eigenvalue weighted by Gasteiger charge is -2.36. The molecule has 2 rings (SSSR count). The summed E-state index contributed by atoms with van der Waals surface area (Å²) in [6.07, 6.45) is 0. The summed E-state index contributed by atoms with van der Waals surface area (Å²) in [5.74, 6) is -0.848. The Morgan fingerprint density at radius 1 is 1.39 bits per heavy atom. The summed E-state index contributed by atoms with van der Waals surface area (Å²) in [5.41, 5.74) is 0. The number of hydrogen-bond donors (Lipinski definition) is 2. The average Bonchev–Trinajstić information content (AvgIpc) is 2.70. The van der Waals surface area contributed by atoms with Crippen LogP contribution in [0.2, 0.25) is 0 Å². The Bertz CT molecular complexity index is 376. The fourth-order valence-corrected chi connectivity index (χ4v) is 2.78. The first-order valence-electron chi connectivity index (χ1n) is 5.69. The van der Waals surface area contributed by atoms with E-state index in [1.165, 1.54) is 0 Å². The maximum atomic E-state index is 11.8. The molecule has 2 aliphatic rings. The lowest BCUT2D eigenvalue weighted by atomic mass is 10.2. The first-order valence-corrected chi connectivity index (χ1v) is 6.85. The average molecular weight is 273 g/mol. The predicted octanol–water partition coefficient (Wildman–Crippen LogP) is -0.960. The van der Waals surface area contributed by atoms with Crippen LogP contribution in [0.1, 0.15) is 0 Å². The van der Waals surface area contributed by atoms with Crippen LogP contribution in [0.3, 0.4) is 0 Å². The van der Waals surface area contributed by atoms with Crippen molar-refractivity contribution in [2.24, 2.45) is 0 Å². The van der Waals surface area contributed by atoms with Gasteiger partial charge < -0.3 is 20.2 Å². The van der Waals surface area contributed by atoms with E-state index in [9.17, 15) is 14.4 Å². The molecule has 0 bridgehead atoms. The van der Waals surface area contributed by atoms with Gasteiger partial charge in [-0.2, -0.15) is 0 Å². The van der Waals surface area contributed by atoms with Crippen molar-refractivity contribution in [3.8, 4) is 0 Å². The molecule has 2 aliphatic heterocycles. The molecule has 1 atom stereocenters. The van der Waals surface area contributed by atoms with Gasteiger partial charge in [-0.25, -0.2) is 4.79 Å². The first-order chi connectivity index (χ1) is 8.58. The fourth-order valence-electron chi connectivity index (χ4n) is 2.15. The van der Waals surface area contributed by atoms with Crippen LogP contribution < -0.4 is 5.32 Å². The van der Waals surface area contributed by atoms with Crippen molar-refractivity contribution in [2.75, 3.05) is 37.7 Å². The van der Waals surface area contributed by atoms with Crippen LogP contribution in [0.25, 0.3) is 0 Å². The summed E-state index contributed by atoms with van der Waals surface area (Å²) in [4.78, 5) is 37.0. The molecule has 8 heteroatoms. The van der Waals surface area contributed by atoms with E-state index in [4.69, 9.17) is 5.11 Å². The number of piperazine rings is 1. The Kier molecular flexibility index (Phi) is 3.95. The van der Waals surface area contributed by atoms with Crippen LogP contribution in [-0.4, -0.2) is 76.5 Å². The molecular weight excluding hydrogens is 258 g/mol. The smallest absolute Gasteiger partial charge is 0.317 e. The van der Waals surface area contributed by atoms with Gasteiger partial charge in [0.1, 0.15) is 0 Å². The van der Waals surface area contributed by atoms with Crippen molar-refractivity contribution in [1.29, 1.82) is 0 Å². The minimum atomic E-state index is -0.914. The fraction of sp³-hybridized carbons (Fsp3) is 0.700. The van der Waals surface area contributed by atoms with Gasteiger partial charge in [-0.1, -0.05) is 0 Å². The number of thioether (sulfide) groups is 1. The van der Waals surface area contributed by atoms with E-state index in [0.717, 1.165) is 11.8 Å². The molecule has 0 saturated carbocycles. The highest BCUT2D eigenvalue weighted by molar-refractivity contribution is 8.00. The highest BCUT2D eigenvalue weighted by Crippen LogP contribution is 2.15. The van der Waals surface area contributed by atoms with Crippen LogP contribution in [0, 0.1) is 0 Å². The van der Waals surface area contributed by atoms with Crippen LogP contribution in [0.15, 0.2) is 0 Å². The molecule has 2 N–H and O–H groups in total. The standard InChI is InChI=1S/C10H15N3O4S/c14-8(5-18-6-9(15)16)12-1-2-13-7(4-12)3-11-10(13)17/h7H,1-6H2,(H,11,17)(H,15,16). The molecule has 0 radical (unpaired) electrons. The number of rotatable bonds is 4. The maximum absolute atomic E-state index is 11.8. The second-order valence-electron chi connectivity index (χ2n) is 4.26. The Hall–Kier alpha value is -1.44. The molecule has 18 heavy (non-hydrogen) atoms. The molecule has 0 aromatic heterocycles. The van der Waals surface area contributed by atoms with Gasteiger partial charge in [-0.3, -0.25) is 9.59 Å². The number of carbonyl (C=O) groups is 3. The molecule has 100 valence electrons. The van der Waals surface area contributed by atoms with Gasteiger partial charge in [0, 0.05) is 26.2 Å². The second-order valence-corrected chi connectivity index (χ2v) is 5.25. The lowest BCUT2D eigenvalue weighted by molar-refractivity contribution is -0.133. The Morgan fingerprint density at radius 2 is 2.17 bits per heavy atom. The van der Waals surface area contributed by atoms with Crippen molar-refractivity contribution in [3.63, 3.8) is 0 Å². The molecule has 1 unspecified atom stereocenters. The van der Waals surface area contributed by atoms with Crippen LogP contribution >= 0.6 is 11.8 Å². The van der Waals surface area contributed by atoms with Crippen molar-refractivity contribution in [2.45, 2.75) is 6.04 Å². The molecule has 0 spiro atoms. The largest absolute Gasteiger partial charge is 0.481 e. The second kappa shape index (κ2) is 5.47. The summed E-state index contributed by atoms with van der Waals surface area (Å²) in [6.45, 7) is 2.18. The van der Waals surface area contributed by atoms with E-state index in [0.29, 0.717) is 26.2 Å². The molecule has 0 aromatic rings. The third kappa shape index (κ3) is 2.87. The van der Waals surface area contributed by atoms with Crippen molar-refractivity contribution < 1.29 is 19.5 Å². The molecule has 2 fully saturated rings. The quantitative estimate of drug-likeness (QED) is 0.688. The molecule has 2 heterocycles. The third-order valence-corrected chi connectivity index (χ3v) is 3.94. The molecule has 0 aromatic carbocycles. The Labute approximate surface area is 108 Å². The summed E-state index contributed by atoms with van der Waals surface area (Å²) in [6, 6.07) is -0.00738. The van der Waals surface area contributed by atoms with Crippen molar-refractivity contribution >= 4 is 29.7 Å². The van der Waals surface area contributed by atoms with Gasteiger partial charge in [-0.05, 0) is 0 Å². The summed E-state index contributed by atoms with van der Waals surface area (Å²) >= 11 is 1.10. The Balaban J connectivity index is 1.79. The number of nitrogens with one attached hydrogen (secondary N) is 1. The molecule has 0 aliphatic carbocycles. The van der Waals surface area contributed by atoms with Crippen LogP contribution in [-0.2, 0) is 9.59 Å². The van der Waals surface area contributed by atoms with E-state index in [-0.39, 0.29) is 29.5 Å². The van der Waals surface area contributed by atoms with Crippen LogP contribution in [0.4, 0.5) is 4.79 Å². The predicted molar refractivity (Wildman–Crippen MR) is 65.4 cm³/mol. The maximum Gasteiger partial charge on any atom is 0.317 e. The van der Waals surface area contributed by atoms with Gasteiger partial charge in [0.25, 0.3) is 0 Å².